The van der Waals surface area contributed by atoms with Crippen molar-refractivity contribution in [3.63, 3.8) is 0 Å². The first-order valence-corrected chi connectivity index (χ1v) is 17.1. The van der Waals surface area contributed by atoms with Gasteiger partial charge in [0.05, 0.1) is 34.9 Å². The molecule has 2 aliphatic carbocycles. The molecular formula is C33H31F2N7O3S. The molecule has 0 bridgehead atoms. The predicted octanol–water partition coefficient (Wildman–Crippen LogP) is 5.36. The average Bonchev–Trinajstić information content (AvgIpc) is 3.99. The summed E-state index contributed by atoms with van der Waals surface area (Å²) in [5.41, 5.74) is 4.12. The van der Waals surface area contributed by atoms with Crippen LogP contribution in [0.15, 0.2) is 60.9 Å². The minimum absolute atomic E-state index is 0.00664. The van der Waals surface area contributed by atoms with Crippen LogP contribution in [0, 0.1) is 11.8 Å². The second-order valence-electron chi connectivity index (χ2n) is 12.4. The van der Waals surface area contributed by atoms with E-state index in [4.69, 9.17) is 10.1 Å². The molecule has 4 aromatic heterocycles. The van der Waals surface area contributed by atoms with Crippen molar-refractivity contribution in [2.24, 2.45) is 0 Å². The molecule has 5 aromatic rings. The van der Waals surface area contributed by atoms with E-state index in [2.05, 4.69) is 14.5 Å². The lowest BCUT2D eigenvalue weighted by molar-refractivity contribution is 0.0991. The number of halogens is 2. The van der Waals surface area contributed by atoms with Gasteiger partial charge in [0.1, 0.15) is 17.3 Å². The first kappa shape index (κ1) is 29.1. The maximum Gasteiger partial charge on any atom is 0.216 e. The van der Waals surface area contributed by atoms with Gasteiger partial charge in [-0.15, -0.1) is 0 Å². The van der Waals surface area contributed by atoms with Crippen LogP contribution in [-0.4, -0.2) is 66.0 Å². The second kappa shape index (κ2) is 11.2. The minimum Gasteiger partial charge on any atom is -0.323 e. The van der Waals surface area contributed by atoms with Crippen molar-refractivity contribution in [3.8, 4) is 22.6 Å². The molecule has 1 saturated heterocycles. The number of nitrogens with zero attached hydrogens (tertiary/aromatic N) is 7. The fourth-order valence-electron chi connectivity index (χ4n) is 6.42. The predicted molar refractivity (Wildman–Crippen MR) is 166 cm³/mol. The Morgan fingerprint density at radius 1 is 0.913 bits per heavy atom. The van der Waals surface area contributed by atoms with Crippen LogP contribution in [0.25, 0.3) is 28.3 Å². The van der Waals surface area contributed by atoms with Crippen molar-refractivity contribution >= 4 is 21.5 Å². The second-order valence-corrected chi connectivity index (χ2v) is 14.6. The van der Waals surface area contributed by atoms with Crippen LogP contribution < -0.4 is 0 Å². The Labute approximate surface area is 264 Å². The normalized spacial score (nSPS) is 18.0. The van der Waals surface area contributed by atoms with Crippen molar-refractivity contribution in [2.45, 2.75) is 62.2 Å². The third-order valence-corrected chi connectivity index (χ3v) is 11.5. The molecule has 13 heteroatoms. The lowest BCUT2D eigenvalue weighted by Gasteiger charge is -2.33. The highest BCUT2D eigenvalue weighted by Gasteiger charge is 2.42. The highest BCUT2D eigenvalue weighted by molar-refractivity contribution is 7.90. The molecule has 46 heavy (non-hydrogen) atoms. The molecule has 8 rings (SSSR count). The summed E-state index contributed by atoms with van der Waals surface area (Å²) in [5, 5.41) is 4.69. The molecule has 2 saturated carbocycles. The zero-order valence-corrected chi connectivity index (χ0v) is 25.7. The van der Waals surface area contributed by atoms with Gasteiger partial charge < -0.3 is 4.57 Å². The minimum atomic E-state index is -3.26. The topological polar surface area (TPSA) is 115 Å². The van der Waals surface area contributed by atoms with E-state index in [1.807, 2.05) is 12.1 Å². The lowest BCUT2D eigenvalue weighted by Crippen LogP contribution is -2.41. The van der Waals surface area contributed by atoms with Crippen LogP contribution in [0.2, 0.25) is 0 Å². The number of fused-ring (bicyclic) bond motifs is 1. The van der Waals surface area contributed by atoms with Crippen molar-refractivity contribution in [1.29, 1.82) is 0 Å². The molecule has 236 valence electrons. The summed E-state index contributed by atoms with van der Waals surface area (Å²) in [5.74, 6) is -0.117. The first-order valence-electron chi connectivity index (χ1n) is 15.6. The van der Waals surface area contributed by atoms with Gasteiger partial charge in [-0.25, -0.2) is 36.6 Å². The van der Waals surface area contributed by atoms with E-state index < -0.39 is 16.0 Å². The van der Waals surface area contributed by atoms with Gasteiger partial charge in [-0.3, -0.25) is 4.79 Å². The Bertz CT molecular complexity index is 2080. The molecule has 0 radical (unpaired) electrons. The van der Waals surface area contributed by atoms with E-state index in [1.165, 1.54) is 24.4 Å². The van der Waals surface area contributed by atoms with Gasteiger partial charge in [0.2, 0.25) is 16.0 Å². The number of imidazole rings is 2. The van der Waals surface area contributed by atoms with E-state index in [9.17, 15) is 22.0 Å². The quantitative estimate of drug-likeness (QED) is 0.157. The third kappa shape index (κ3) is 5.41. The molecule has 3 fully saturated rings. The Hall–Kier alpha value is -4.36. The summed E-state index contributed by atoms with van der Waals surface area (Å²) in [6.45, 7) is 0.897. The maximum absolute atomic E-state index is 14.0. The summed E-state index contributed by atoms with van der Waals surface area (Å²) >= 11 is 0. The van der Waals surface area contributed by atoms with Gasteiger partial charge >= 0.3 is 0 Å². The van der Waals surface area contributed by atoms with Crippen LogP contribution in [0.3, 0.4) is 0 Å². The molecule has 1 aliphatic heterocycles. The average molecular weight is 644 g/mol. The Morgan fingerprint density at radius 2 is 1.67 bits per heavy atom. The largest absolute Gasteiger partial charge is 0.323 e. The number of pyridine rings is 1. The molecule has 0 spiro atoms. The number of benzene rings is 1. The van der Waals surface area contributed by atoms with Gasteiger partial charge in [-0.05, 0) is 81.0 Å². The van der Waals surface area contributed by atoms with Crippen molar-refractivity contribution < 1.29 is 22.0 Å². The number of carbonyl (C=O) groups is 1. The van der Waals surface area contributed by atoms with Crippen LogP contribution in [-0.2, 0) is 16.4 Å². The zero-order chi connectivity index (χ0) is 31.6. The van der Waals surface area contributed by atoms with Gasteiger partial charge in [-0.1, -0.05) is 0 Å². The number of piperidine rings is 1. The number of Topliss-reactive ketones (excluding diaryl/α,β-unsaturated/α-hetero) is 1. The van der Waals surface area contributed by atoms with Crippen LogP contribution >= 0.6 is 0 Å². The molecular weight excluding hydrogens is 612 g/mol. The monoisotopic (exact) mass is 643 g/mol. The van der Waals surface area contributed by atoms with Crippen LogP contribution in [0.5, 0.6) is 0 Å². The lowest BCUT2D eigenvalue weighted by atomic mass is 10.0. The molecule has 0 atom stereocenters. The molecule has 5 heterocycles. The molecule has 1 aromatic carbocycles. The Morgan fingerprint density at radius 3 is 2.37 bits per heavy atom. The van der Waals surface area contributed by atoms with Crippen molar-refractivity contribution in [1.82, 2.24) is 33.4 Å². The fourth-order valence-corrected chi connectivity index (χ4v) is 8.29. The summed E-state index contributed by atoms with van der Waals surface area (Å²) in [6, 6.07) is 12.6. The van der Waals surface area contributed by atoms with E-state index in [0.717, 1.165) is 48.8 Å². The van der Waals surface area contributed by atoms with Crippen molar-refractivity contribution in [3.05, 3.63) is 89.8 Å². The van der Waals surface area contributed by atoms with E-state index in [0.29, 0.717) is 48.7 Å². The highest BCUT2D eigenvalue weighted by atomic mass is 32.2. The van der Waals surface area contributed by atoms with Gasteiger partial charge in [-0.2, -0.15) is 9.49 Å². The first-order chi connectivity index (χ1) is 22.2. The summed E-state index contributed by atoms with van der Waals surface area (Å²) in [4.78, 5) is 26.1. The summed E-state index contributed by atoms with van der Waals surface area (Å²) in [6.07, 6.45) is 7.71. The molecule has 0 unspecified atom stereocenters. The standard InChI is InChI=1S/C33H31F2N7O3S/c34-23-5-3-20(4-6-23)31-32(27-9-10-30-37-24(19-41(30)39-27)18-28(43)22-11-14-36-29(35)17-22)42(33(38-31)21-1-2-21)25-12-15-40(16-13-25)46(44,45)26-7-8-26/h3-6,9-11,14,17,19,21,25-26H,1-2,7-8,12-13,15-16,18H2. The molecule has 0 N–H and O–H groups in total. The SMILES string of the molecule is O=C(Cc1cn2nc(-c3c(-c4ccc(F)cc4)nc(C4CC4)n3C3CCN(S(=O)(=O)C4CC4)CC3)ccc2n1)c1ccnc(F)c1. The fraction of sp³-hybridized carbons (Fsp3) is 0.364. The third-order valence-electron chi connectivity index (χ3n) is 9.10. The highest BCUT2D eigenvalue weighted by Crippen LogP contribution is 2.46. The van der Waals surface area contributed by atoms with Crippen molar-refractivity contribution in [2.75, 3.05) is 13.1 Å². The number of carbonyl (C=O) groups excluding carboxylic acids is 1. The Balaban J connectivity index is 1.18. The van der Waals surface area contributed by atoms with E-state index >= 15 is 0 Å². The molecule has 0 amide bonds. The summed E-state index contributed by atoms with van der Waals surface area (Å²) in [7, 11) is -3.26. The number of sulfonamides is 1. The molecule has 3 aliphatic rings. The number of hydrogen-bond acceptors (Lipinski definition) is 7. The van der Waals surface area contributed by atoms with Gasteiger partial charge in [0, 0.05) is 48.4 Å². The number of aromatic nitrogens is 6. The molecule has 10 nitrogen and oxygen atoms in total. The Kier molecular flexibility index (Phi) is 7.05. The summed E-state index contributed by atoms with van der Waals surface area (Å²) < 4.78 is 59.1. The number of ketones is 1. The van der Waals surface area contributed by atoms with E-state index in [-0.39, 0.29) is 40.8 Å². The smallest absolute Gasteiger partial charge is 0.216 e. The van der Waals surface area contributed by atoms with Gasteiger partial charge in [0.15, 0.2) is 11.4 Å². The maximum atomic E-state index is 14.0. The van der Waals surface area contributed by atoms with E-state index in [1.54, 1.807) is 27.2 Å². The number of hydrogen-bond donors (Lipinski definition) is 0. The number of rotatable bonds is 9. The van der Waals surface area contributed by atoms with Crippen LogP contribution in [0.4, 0.5) is 8.78 Å². The van der Waals surface area contributed by atoms with Gasteiger partial charge in [0.25, 0.3) is 0 Å². The zero-order valence-electron chi connectivity index (χ0n) is 24.9. The van der Waals surface area contributed by atoms with Crippen LogP contribution in [0.1, 0.15) is 72.4 Å².